The van der Waals surface area contributed by atoms with Gasteiger partial charge in [-0.3, -0.25) is 19.3 Å². The molecule has 0 saturated heterocycles. The van der Waals surface area contributed by atoms with Gasteiger partial charge in [-0.1, -0.05) is 90.5 Å². The molecule has 1 atom stereocenters. The molecule has 4 aromatic rings. The lowest BCUT2D eigenvalue weighted by molar-refractivity contribution is 0.0698. The van der Waals surface area contributed by atoms with Crippen LogP contribution in [0.1, 0.15) is 33.2 Å². The molecule has 0 spiro atoms. The van der Waals surface area contributed by atoms with Gasteiger partial charge in [-0.15, -0.1) is 0 Å². The number of pyridine rings is 1. The van der Waals surface area contributed by atoms with Crippen molar-refractivity contribution < 1.29 is 14.3 Å². The maximum atomic E-state index is 13.9. The Bertz CT molecular complexity index is 1590. The maximum absolute atomic E-state index is 13.9. The summed E-state index contributed by atoms with van der Waals surface area (Å²) in [5.74, 6) is 0.315. The first kappa shape index (κ1) is 24.8. The molecule has 2 aliphatic heterocycles. The van der Waals surface area contributed by atoms with E-state index in [-0.39, 0.29) is 36.1 Å². The molecule has 0 fully saturated rings. The normalized spacial score (nSPS) is 17.4. The zero-order chi connectivity index (χ0) is 26.8. The van der Waals surface area contributed by atoms with Crippen LogP contribution in [0.3, 0.4) is 0 Å². The van der Waals surface area contributed by atoms with Gasteiger partial charge in [0.15, 0.2) is 11.4 Å². The third-order valence-corrected chi connectivity index (χ3v) is 7.16. The molecule has 39 heavy (non-hydrogen) atoms. The Balaban J connectivity index is 1.55. The molecule has 196 valence electrons. The van der Waals surface area contributed by atoms with Gasteiger partial charge in [-0.2, -0.15) is 0 Å². The molecular formula is C31H26ClN3O4. The van der Waals surface area contributed by atoms with Crippen molar-refractivity contribution in [2.24, 2.45) is 0 Å². The average Bonchev–Trinajstić information content (AvgIpc) is 2.99. The van der Waals surface area contributed by atoms with Gasteiger partial charge < -0.3 is 14.4 Å². The highest BCUT2D eigenvalue weighted by Gasteiger charge is 2.38. The third kappa shape index (κ3) is 4.77. The van der Waals surface area contributed by atoms with E-state index >= 15 is 0 Å². The van der Waals surface area contributed by atoms with Crippen LogP contribution in [0.2, 0.25) is 5.02 Å². The van der Waals surface area contributed by atoms with Crippen LogP contribution in [-0.4, -0.2) is 35.3 Å². The summed E-state index contributed by atoms with van der Waals surface area (Å²) in [5.41, 5.74) is 2.54. The van der Waals surface area contributed by atoms with Crippen molar-refractivity contribution in [3.63, 3.8) is 0 Å². The molecule has 6 rings (SSSR count). The van der Waals surface area contributed by atoms with Crippen molar-refractivity contribution in [1.29, 1.82) is 0 Å². The quantitative estimate of drug-likeness (QED) is 0.335. The molecule has 2 aliphatic rings. The number of benzene rings is 3. The number of nitrogens with zero attached hydrogens (tertiary/aromatic N) is 3. The van der Waals surface area contributed by atoms with E-state index < -0.39 is 6.04 Å². The number of fused-ring (bicyclic) bond motifs is 5. The Kier molecular flexibility index (Phi) is 6.82. The van der Waals surface area contributed by atoms with E-state index in [1.807, 2.05) is 90.0 Å². The molecule has 0 N–H and O–H groups in total. The van der Waals surface area contributed by atoms with Gasteiger partial charge in [0.1, 0.15) is 31.7 Å². The van der Waals surface area contributed by atoms with Crippen molar-refractivity contribution >= 4 is 17.5 Å². The number of carbonyl (C=O) groups excluding carboxylic acids is 1. The predicted molar refractivity (Wildman–Crippen MR) is 150 cm³/mol. The van der Waals surface area contributed by atoms with Gasteiger partial charge in [-0.25, -0.2) is 0 Å². The number of para-hydroxylation sites is 1. The summed E-state index contributed by atoms with van der Waals surface area (Å²) in [4.78, 5) is 28.7. The monoisotopic (exact) mass is 539 g/mol. The Morgan fingerprint density at radius 1 is 0.897 bits per heavy atom. The van der Waals surface area contributed by atoms with Gasteiger partial charge in [-0.05, 0) is 23.3 Å². The fourth-order valence-corrected chi connectivity index (χ4v) is 5.27. The van der Waals surface area contributed by atoms with Crippen LogP contribution < -0.4 is 19.9 Å². The summed E-state index contributed by atoms with van der Waals surface area (Å²) in [6.07, 6.45) is 5.39. The fourth-order valence-electron chi connectivity index (χ4n) is 5.03. The molecule has 2 bridgehead atoms. The second kappa shape index (κ2) is 10.7. The highest BCUT2D eigenvalue weighted by atomic mass is 35.5. The lowest BCUT2D eigenvalue weighted by Crippen LogP contribution is -2.55. The van der Waals surface area contributed by atoms with Crippen LogP contribution in [0, 0.1) is 0 Å². The van der Waals surface area contributed by atoms with E-state index in [9.17, 15) is 9.59 Å². The van der Waals surface area contributed by atoms with E-state index in [0.29, 0.717) is 23.9 Å². The molecule has 1 aromatic heterocycles. The highest BCUT2D eigenvalue weighted by molar-refractivity contribution is 6.32. The third-order valence-electron chi connectivity index (χ3n) is 6.86. The van der Waals surface area contributed by atoms with Gasteiger partial charge in [0.05, 0.1) is 5.02 Å². The van der Waals surface area contributed by atoms with Crippen LogP contribution in [-0.2, 0) is 6.61 Å². The Morgan fingerprint density at radius 3 is 2.46 bits per heavy atom. The molecular weight excluding hydrogens is 514 g/mol. The molecule has 3 heterocycles. The van der Waals surface area contributed by atoms with Crippen molar-refractivity contribution in [2.45, 2.75) is 12.6 Å². The number of amides is 1. The number of rotatable bonds is 4. The first-order valence-electron chi connectivity index (χ1n) is 12.7. The Morgan fingerprint density at radius 2 is 1.67 bits per heavy atom. The lowest BCUT2D eigenvalue weighted by Gasteiger charge is -2.44. The first-order chi connectivity index (χ1) is 19.1. The van der Waals surface area contributed by atoms with Crippen LogP contribution in [0.25, 0.3) is 0 Å². The molecule has 0 radical (unpaired) electrons. The predicted octanol–water partition coefficient (Wildman–Crippen LogP) is 5.17. The summed E-state index contributed by atoms with van der Waals surface area (Å²) in [6, 6.07) is 26.3. The number of aromatic nitrogens is 1. The first-order valence-corrected chi connectivity index (χ1v) is 13.1. The lowest BCUT2D eigenvalue weighted by atomic mass is 9.97. The van der Waals surface area contributed by atoms with Crippen LogP contribution in [0.15, 0.2) is 108 Å². The Labute approximate surface area is 231 Å². The minimum absolute atomic E-state index is 0.0225. The standard InChI is InChI=1S/C31H26ClN3O4/c32-25-15-9-14-24-27(23-12-5-2-6-13-23)35-21-33(17-7-8-19-38-29(24)25)31(37)28-30(26(36)16-18-34(28)35)39-20-22-10-3-1-4-11-22/h1-16,18,27H,17,19-21H2/b8-7-/t27-/m0/s1. The van der Waals surface area contributed by atoms with Crippen molar-refractivity contribution in [3.8, 4) is 11.5 Å². The van der Waals surface area contributed by atoms with Crippen LogP contribution in [0.5, 0.6) is 11.5 Å². The van der Waals surface area contributed by atoms with E-state index in [4.69, 9.17) is 21.1 Å². The van der Waals surface area contributed by atoms with Crippen molar-refractivity contribution in [2.75, 3.05) is 24.8 Å². The molecule has 3 aromatic carbocycles. The average molecular weight is 540 g/mol. The van der Waals surface area contributed by atoms with Crippen molar-refractivity contribution in [3.05, 3.63) is 141 Å². The number of hydrogen-bond donors (Lipinski definition) is 0. The number of carbonyl (C=O) groups is 1. The largest absolute Gasteiger partial charge is 0.488 e. The van der Waals surface area contributed by atoms with Crippen LogP contribution in [0.4, 0.5) is 0 Å². The summed E-state index contributed by atoms with van der Waals surface area (Å²) in [7, 11) is 0. The molecule has 1 amide bonds. The molecule has 0 aliphatic carbocycles. The van der Waals surface area contributed by atoms with E-state index in [2.05, 4.69) is 0 Å². The summed E-state index contributed by atoms with van der Waals surface area (Å²) < 4.78 is 14.0. The molecule has 7 nitrogen and oxygen atoms in total. The highest BCUT2D eigenvalue weighted by Crippen LogP contribution is 2.40. The number of halogens is 1. The van der Waals surface area contributed by atoms with Gasteiger partial charge in [0, 0.05) is 24.4 Å². The minimum atomic E-state index is -0.392. The van der Waals surface area contributed by atoms with E-state index in [0.717, 1.165) is 16.7 Å². The smallest absolute Gasteiger partial charge is 0.278 e. The van der Waals surface area contributed by atoms with Crippen molar-refractivity contribution in [1.82, 2.24) is 9.58 Å². The second-order valence-electron chi connectivity index (χ2n) is 9.34. The number of hydrogen-bond acceptors (Lipinski definition) is 5. The van der Waals surface area contributed by atoms with Gasteiger partial charge >= 0.3 is 0 Å². The van der Waals surface area contributed by atoms with Gasteiger partial charge in [0.25, 0.3) is 5.91 Å². The summed E-state index contributed by atoms with van der Waals surface area (Å²) in [5, 5.41) is 2.54. The molecule has 0 unspecified atom stereocenters. The zero-order valence-electron chi connectivity index (χ0n) is 21.1. The minimum Gasteiger partial charge on any atom is -0.488 e. The Hall–Kier alpha value is -4.49. The summed E-state index contributed by atoms with van der Waals surface area (Å²) in [6.45, 7) is 1.07. The summed E-state index contributed by atoms with van der Waals surface area (Å²) >= 11 is 6.66. The van der Waals surface area contributed by atoms with E-state index in [1.54, 1.807) is 21.8 Å². The SMILES string of the molecule is O=C1c2c(OCc3ccccc3)c(=O)ccn2N2CN1C/C=C\COc1c(Cl)cccc1[C@@H]2c1ccccc1. The molecule has 8 heteroatoms. The maximum Gasteiger partial charge on any atom is 0.278 e. The van der Waals surface area contributed by atoms with E-state index in [1.165, 1.54) is 6.07 Å². The zero-order valence-corrected chi connectivity index (χ0v) is 21.8. The number of ether oxygens (including phenoxy) is 2. The second-order valence-corrected chi connectivity index (χ2v) is 9.75. The fraction of sp³-hybridized carbons (Fsp3) is 0.161. The molecule has 0 saturated carbocycles. The topological polar surface area (TPSA) is 64.0 Å². The van der Waals surface area contributed by atoms with Crippen LogP contribution >= 0.6 is 11.6 Å². The van der Waals surface area contributed by atoms with Gasteiger partial charge in [0.2, 0.25) is 5.43 Å².